The minimum atomic E-state index is 0.141. The second-order valence-electron chi connectivity index (χ2n) is 5.46. The third kappa shape index (κ3) is 2.39. The number of rotatable bonds is 2. The van der Waals surface area contributed by atoms with Crippen LogP contribution >= 0.6 is 0 Å². The van der Waals surface area contributed by atoms with Gasteiger partial charge in [0.1, 0.15) is 5.69 Å². The van der Waals surface area contributed by atoms with Gasteiger partial charge < -0.3 is 10.2 Å². The zero-order valence-corrected chi connectivity index (χ0v) is 11.6. The van der Waals surface area contributed by atoms with E-state index in [1.165, 1.54) is 12.8 Å². The van der Waals surface area contributed by atoms with E-state index in [9.17, 15) is 4.79 Å². The number of fused-ring (bicyclic) bond motifs is 1. The smallest absolute Gasteiger partial charge is 0.272 e. The Balaban J connectivity index is 1.87. The molecular formula is C14H22N4O. The van der Waals surface area contributed by atoms with Crippen LogP contribution in [0.5, 0.6) is 0 Å². The number of nitrogens with zero attached hydrogens (tertiary/aromatic N) is 3. The van der Waals surface area contributed by atoms with Crippen molar-refractivity contribution in [1.29, 1.82) is 0 Å². The summed E-state index contributed by atoms with van der Waals surface area (Å²) in [4.78, 5) is 14.3. The fraction of sp³-hybridized carbons (Fsp3) is 0.714. The lowest BCUT2D eigenvalue weighted by molar-refractivity contribution is 0.0766. The summed E-state index contributed by atoms with van der Waals surface area (Å²) in [6.07, 6.45) is 3.37. The van der Waals surface area contributed by atoms with E-state index in [-0.39, 0.29) is 5.91 Å². The molecular weight excluding hydrogens is 240 g/mol. The van der Waals surface area contributed by atoms with Crippen molar-refractivity contribution in [2.75, 3.05) is 26.2 Å². The lowest BCUT2D eigenvalue weighted by Crippen LogP contribution is -2.30. The summed E-state index contributed by atoms with van der Waals surface area (Å²) in [5.74, 6) is 0.610. The van der Waals surface area contributed by atoms with Crippen molar-refractivity contribution >= 4 is 5.91 Å². The van der Waals surface area contributed by atoms with Crippen LogP contribution in [0.3, 0.4) is 0 Å². The monoisotopic (exact) mass is 262 g/mol. The van der Waals surface area contributed by atoms with Crippen molar-refractivity contribution in [1.82, 2.24) is 20.0 Å². The predicted octanol–water partition coefficient (Wildman–Crippen LogP) is 1.22. The molecule has 0 radical (unpaired) electrons. The van der Waals surface area contributed by atoms with Crippen LogP contribution in [-0.4, -0.2) is 46.8 Å². The average molecular weight is 262 g/mol. The SMILES string of the molecule is CCN1CCCn2nc(C3CCCNC3)cc2C1=O. The number of piperidine rings is 1. The number of nitrogens with one attached hydrogen (secondary N) is 1. The van der Waals surface area contributed by atoms with Gasteiger partial charge in [0.25, 0.3) is 5.91 Å². The summed E-state index contributed by atoms with van der Waals surface area (Å²) in [6.45, 7) is 6.62. The molecule has 1 unspecified atom stereocenters. The lowest BCUT2D eigenvalue weighted by atomic mass is 9.96. The Kier molecular flexibility index (Phi) is 3.55. The highest BCUT2D eigenvalue weighted by atomic mass is 16.2. The topological polar surface area (TPSA) is 50.2 Å². The highest BCUT2D eigenvalue weighted by Crippen LogP contribution is 2.24. The van der Waals surface area contributed by atoms with Gasteiger partial charge in [0.05, 0.1) is 5.69 Å². The van der Waals surface area contributed by atoms with E-state index in [1.807, 2.05) is 22.6 Å². The molecule has 1 atom stereocenters. The molecule has 2 aliphatic rings. The highest BCUT2D eigenvalue weighted by Gasteiger charge is 2.26. The van der Waals surface area contributed by atoms with Gasteiger partial charge in [-0.15, -0.1) is 0 Å². The van der Waals surface area contributed by atoms with Crippen LogP contribution in [0.4, 0.5) is 0 Å². The zero-order chi connectivity index (χ0) is 13.2. The molecule has 0 aliphatic carbocycles. The summed E-state index contributed by atoms with van der Waals surface area (Å²) in [7, 11) is 0. The minimum absolute atomic E-state index is 0.141. The van der Waals surface area contributed by atoms with E-state index >= 15 is 0 Å². The molecule has 1 N–H and O–H groups in total. The molecule has 3 heterocycles. The molecule has 3 rings (SSSR count). The first-order valence-electron chi connectivity index (χ1n) is 7.37. The Morgan fingerprint density at radius 1 is 1.42 bits per heavy atom. The third-order valence-electron chi connectivity index (χ3n) is 4.20. The maximum atomic E-state index is 12.4. The van der Waals surface area contributed by atoms with E-state index in [1.54, 1.807) is 0 Å². The molecule has 0 bridgehead atoms. The van der Waals surface area contributed by atoms with Crippen molar-refractivity contribution in [3.63, 3.8) is 0 Å². The molecule has 0 spiro atoms. The van der Waals surface area contributed by atoms with Crippen LogP contribution in [0.2, 0.25) is 0 Å². The van der Waals surface area contributed by atoms with Gasteiger partial charge >= 0.3 is 0 Å². The minimum Gasteiger partial charge on any atom is -0.338 e. The summed E-state index contributed by atoms with van der Waals surface area (Å²) in [5.41, 5.74) is 1.87. The van der Waals surface area contributed by atoms with Crippen LogP contribution in [-0.2, 0) is 6.54 Å². The van der Waals surface area contributed by atoms with E-state index in [0.29, 0.717) is 5.92 Å². The normalized spacial score (nSPS) is 24.2. The molecule has 0 aromatic carbocycles. The van der Waals surface area contributed by atoms with Crippen molar-refractivity contribution in [2.45, 2.75) is 38.6 Å². The number of carbonyl (C=O) groups is 1. The number of aromatic nitrogens is 2. The van der Waals surface area contributed by atoms with Crippen LogP contribution in [0.15, 0.2) is 6.07 Å². The Morgan fingerprint density at radius 3 is 3.05 bits per heavy atom. The van der Waals surface area contributed by atoms with Gasteiger partial charge in [0, 0.05) is 32.1 Å². The van der Waals surface area contributed by atoms with Crippen LogP contribution < -0.4 is 5.32 Å². The van der Waals surface area contributed by atoms with Crippen LogP contribution in [0.25, 0.3) is 0 Å². The molecule has 5 nitrogen and oxygen atoms in total. The van der Waals surface area contributed by atoms with E-state index in [2.05, 4.69) is 10.4 Å². The van der Waals surface area contributed by atoms with Crippen LogP contribution in [0.1, 0.15) is 48.3 Å². The van der Waals surface area contributed by atoms with Crippen molar-refractivity contribution in [3.05, 3.63) is 17.5 Å². The number of aryl methyl sites for hydroxylation is 1. The molecule has 1 amide bonds. The van der Waals surface area contributed by atoms with Crippen LogP contribution in [0, 0.1) is 0 Å². The van der Waals surface area contributed by atoms with Crippen molar-refractivity contribution in [2.24, 2.45) is 0 Å². The van der Waals surface area contributed by atoms with E-state index in [4.69, 9.17) is 0 Å². The molecule has 5 heteroatoms. The molecule has 1 fully saturated rings. The van der Waals surface area contributed by atoms with Gasteiger partial charge in [0.15, 0.2) is 0 Å². The second-order valence-corrected chi connectivity index (χ2v) is 5.46. The van der Waals surface area contributed by atoms with Crippen molar-refractivity contribution < 1.29 is 4.79 Å². The maximum absolute atomic E-state index is 12.4. The predicted molar refractivity (Wildman–Crippen MR) is 73.3 cm³/mol. The first-order chi connectivity index (χ1) is 9.29. The fourth-order valence-corrected chi connectivity index (χ4v) is 3.06. The zero-order valence-electron chi connectivity index (χ0n) is 11.6. The summed E-state index contributed by atoms with van der Waals surface area (Å²) in [6, 6.07) is 2.02. The quantitative estimate of drug-likeness (QED) is 0.871. The lowest BCUT2D eigenvalue weighted by Gasteiger charge is -2.21. The summed E-state index contributed by atoms with van der Waals surface area (Å²) in [5, 5.41) is 8.10. The number of amides is 1. The summed E-state index contributed by atoms with van der Waals surface area (Å²) >= 11 is 0. The molecule has 1 aromatic heterocycles. The molecule has 0 saturated carbocycles. The van der Waals surface area contributed by atoms with Gasteiger partial charge in [0.2, 0.25) is 0 Å². The van der Waals surface area contributed by atoms with Gasteiger partial charge in [-0.3, -0.25) is 9.48 Å². The van der Waals surface area contributed by atoms with Gasteiger partial charge in [-0.25, -0.2) is 0 Å². The van der Waals surface area contributed by atoms with Gasteiger partial charge in [-0.05, 0) is 38.8 Å². The number of hydrogen-bond acceptors (Lipinski definition) is 3. The Labute approximate surface area is 114 Å². The van der Waals surface area contributed by atoms with Gasteiger partial charge in [-0.2, -0.15) is 5.10 Å². The fourth-order valence-electron chi connectivity index (χ4n) is 3.06. The molecule has 2 aliphatic heterocycles. The van der Waals surface area contributed by atoms with E-state index in [0.717, 1.165) is 50.5 Å². The Morgan fingerprint density at radius 2 is 2.32 bits per heavy atom. The standard InChI is InChI=1S/C14H22N4O/c1-2-17-7-4-8-18-13(14(17)19)9-12(16-18)11-5-3-6-15-10-11/h9,11,15H,2-8,10H2,1H3. The van der Waals surface area contributed by atoms with E-state index < -0.39 is 0 Å². The molecule has 104 valence electrons. The highest BCUT2D eigenvalue weighted by molar-refractivity contribution is 5.93. The second kappa shape index (κ2) is 5.33. The first-order valence-corrected chi connectivity index (χ1v) is 7.37. The molecule has 1 saturated heterocycles. The largest absolute Gasteiger partial charge is 0.338 e. The Bertz CT molecular complexity index is 462. The third-order valence-corrected chi connectivity index (χ3v) is 4.20. The first kappa shape index (κ1) is 12.7. The average Bonchev–Trinajstić information content (AvgIpc) is 2.82. The Hall–Kier alpha value is -1.36. The maximum Gasteiger partial charge on any atom is 0.272 e. The summed E-state index contributed by atoms with van der Waals surface area (Å²) < 4.78 is 1.92. The molecule has 1 aromatic rings. The number of carbonyl (C=O) groups excluding carboxylic acids is 1. The number of hydrogen-bond donors (Lipinski definition) is 1. The molecule has 19 heavy (non-hydrogen) atoms. The van der Waals surface area contributed by atoms with Crippen molar-refractivity contribution in [3.8, 4) is 0 Å². The van der Waals surface area contributed by atoms with Gasteiger partial charge in [-0.1, -0.05) is 0 Å².